The first kappa shape index (κ1) is 72.4. The number of hydrogen-bond donors (Lipinski definition) is 0. The van der Waals surface area contributed by atoms with Gasteiger partial charge in [-0.3, -0.25) is 14.4 Å². The first-order chi connectivity index (χ1) is 37.0. The van der Waals surface area contributed by atoms with Gasteiger partial charge in [-0.25, -0.2) is 0 Å². The topological polar surface area (TPSA) is 78.9 Å². The minimum Gasteiger partial charge on any atom is -0.462 e. The third kappa shape index (κ3) is 62.1. The molecule has 0 aromatic rings. The van der Waals surface area contributed by atoms with Crippen LogP contribution in [0.1, 0.15) is 355 Å². The van der Waals surface area contributed by atoms with Crippen LogP contribution in [-0.4, -0.2) is 37.2 Å². The van der Waals surface area contributed by atoms with E-state index in [1.807, 2.05) is 0 Å². The Hall–Kier alpha value is -2.63. The molecule has 0 rings (SSSR count). The molecule has 75 heavy (non-hydrogen) atoms. The van der Waals surface area contributed by atoms with Gasteiger partial charge in [-0.05, 0) is 57.8 Å². The average Bonchev–Trinajstić information content (AvgIpc) is 3.41. The second-order valence-corrected chi connectivity index (χ2v) is 22.4. The predicted molar refractivity (Wildman–Crippen MR) is 325 cm³/mol. The molecule has 6 nitrogen and oxygen atoms in total. The maximum Gasteiger partial charge on any atom is 0.306 e. The van der Waals surface area contributed by atoms with E-state index in [2.05, 4.69) is 69.4 Å². The molecule has 0 spiro atoms. The lowest BCUT2D eigenvalue weighted by molar-refractivity contribution is -0.167. The standard InChI is InChI=1S/C69H126O6/c1-4-7-10-13-16-19-22-25-28-30-32-34-36-38-41-44-47-50-53-56-59-62-68(71)74-65-66(64-73-67(70)61-58-55-52-49-46-43-40-27-24-21-18-15-12-9-6-3)75-69(72)63-60-57-54-51-48-45-42-39-37-35-33-31-29-26-23-20-17-14-11-8-5-2/h9,12,18,21,27,40,46,49,66H,4-8,10-11,13-17,19-20,22-26,28-39,41-45,47-48,50-65H2,1-3H3/b12-9-,21-18-,40-27-,49-46-/t66-/m1/s1. The Balaban J connectivity index is 4.32. The Kier molecular flexibility index (Phi) is 61.7. The minimum absolute atomic E-state index is 0.0811. The largest absolute Gasteiger partial charge is 0.462 e. The highest BCUT2D eigenvalue weighted by Crippen LogP contribution is 2.18. The van der Waals surface area contributed by atoms with Crippen LogP contribution in [0.4, 0.5) is 0 Å². The number of hydrogen-bond acceptors (Lipinski definition) is 6. The summed E-state index contributed by atoms with van der Waals surface area (Å²) in [6, 6.07) is 0. The lowest BCUT2D eigenvalue weighted by atomic mass is 10.0. The van der Waals surface area contributed by atoms with Crippen molar-refractivity contribution in [3.8, 4) is 0 Å². The zero-order valence-electron chi connectivity index (χ0n) is 50.3. The van der Waals surface area contributed by atoms with Crippen LogP contribution < -0.4 is 0 Å². The van der Waals surface area contributed by atoms with Gasteiger partial charge < -0.3 is 14.2 Å². The lowest BCUT2D eigenvalue weighted by Crippen LogP contribution is -2.30. The molecule has 0 aliphatic rings. The van der Waals surface area contributed by atoms with Crippen molar-refractivity contribution < 1.29 is 28.6 Å². The molecule has 0 unspecified atom stereocenters. The molecular formula is C69H126O6. The van der Waals surface area contributed by atoms with Gasteiger partial charge in [0.25, 0.3) is 0 Å². The van der Waals surface area contributed by atoms with Crippen LogP contribution in [0, 0.1) is 0 Å². The Morgan fingerprint density at radius 1 is 0.280 bits per heavy atom. The first-order valence-corrected chi connectivity index (χ1v) is 33.1. The Labute approximate surface area is 467 Å². The summed E-state index contributed by atoms with van der Waals surface area (Å²) >= 11 is 0. The summed E-state index contributed by atoms with van der Waals surface area (Å²) in [6.45, 7) is 6.56. The number of allylic oxidation sites excluding steroid dienone is 8. The maximum absolute atomic E-state index is 12.9. The molecule has 1 atom stereocenters. The number of esters is 3. The van der Waals surface area contributed by atoms with Gasteiger partial charge in [0.15, 0.2) is 6.10 Å². The highest BCUT2D eigenvalue weighted by Gasteiger charge is 2.19. The molecule has 0 amide bonds. The van der Waals surface area contributed by atoms with Crippen LogP contribution in [0.5, 0.6) is 0 Å². The molecule has 0 heterocycles. The van der Waals surface area contributed by atoms with E-state index < -0.39 is 6.10 Å². The van der Waals surface area contributed by atoms with Crippen LogP contribution >= 0.6 is 0 Å². The smallest absolute Gasteiger partial charge is 0.306 e. The average molecular weight is 1050 g/mol. The number of carbonyl (C=O) groups is 3. The molecule has 0 aliphatic carbocycles. The molecule has 0 aromatic heterocycles. The Bertz CT molecular complexity index is 1300. The van der Waals surface area contributed by atoms with Crippen LogP contribution in [0.2, 0.25) is 0 Å². The second kappa shape index (κ2) is 63.9. The molecule has 0 radical (unpaired) electrons. The van der Waals surface area contributed by atoms with Gasteiger partial charge in [-0.1, -0.05) is 326 Å². The molecule has 438 valence electrons. The fourth-order valence-electron chi connectivity index (χ4n) is 9.91. The second-order valence-electron chi connectivity index (χ2n) is 22.4. The highest BCUT2D eigenvalue weighted by molar-refractivity contribution is 5.71. The fraction of sp³-hybridized carbons (Fsp3) is 0.841. The van der Waals surface area contributed by atoms with Crippen molar-refractivity contribution in [1.82, 2.24) is 0 Å². The summed E-state index contributed by atoms with van der Waals surface area (Å²) < 4.78 is 16.9. The highest BCUT2D eigenvalue weighted by atomic mass is 16.6. The molecule has 0 aliphatic heterocycles. The van der Waals surface area contributed by atoms with E-state index in [1.165, 1.54) is 231 Å². The number of ether oxygens (including phenoxy) is 3. The minimum atomic E-state index is -0.788. The van der Waals surface area contributed by atoms with Gasteiger partial charge in [-0.2, -0.15) is 0 Å². The number of unbranched alkanes of at least 4 members (excludes halogenated alkanes) is 42. The van der Waals surface area contributed by atoms with E-state index in [0.717, 1.165) is 83.5 Å². The number of carbonyl (C=O) groups excluding carboxylic acids is 3. The van der Waals surface area contributed by atoms with E-state index in [1.54, 1.807) is 0 Å². The molecule has 0 N–H and O–H groups in total. The van der Waals surface area contributed by atoms with E-state index >= 15 is 0 Å². The molecule has 0 aromatic carbocycles. The molecule has 0 saturated heterocycles. The van der Waals surface area contributed by atoms with Crippen molar-refractivity contribution in [3.05, 3.63) is 48.6 Å². The lowest BCUT2D eigenvalue weighted by Gasteiger charge is -2.18. The van der Waals surface area contributed by atoms with Gasteiger partial charge >= 0.3 is 17.9 Å². The fourth-order valence-corrected chi connectivity index (χ4v) is 9.91. The molecule has 0 bridgehead atoms. The number of rotatable bonds is 61. The third-order valence-electron chi connectivity index (χ3n) is 14.8. The Morgan fingerprint density at radius 2 is 0.520 bits per heavy atom. The maximum atomic E-state index is 12.9. The van der Waals surface area contributed by atoms with Crippen LogP contribution in [0.3, 0.4) is 0 Å². The summed E-state index contributed by atoms with van der Waals surface area (Å²) in [5, 5.41) is 0. The molecular weight excluding hydrogens is 925 g/mol. The molecule has 6 heteroatoms. The Morgan fingerprint density at radius 3 is 0.813 bits per heavy atom. The third-order valence-corrected chi connectivity index (χ3v) is 14.8. The van der Waals surface area contributed by atoms with Crippen molar-refractivity contribution in [3.63, 3.8) is 0 Å². The normalized spacial score (nSPS) is 12.3. The van der Waals surface area contributed by atoms with E-state index in [-0.39, 0.29) is 31.1 Å². The summed E-state index contributed by atoms with van der Waals surface area (Å²) in [5.74, 6) is -0.899. The van der Waals surface area contributed by atoms with E-state index in [4.69, 9.17) is 14.2 Å². The first-order valence-electron chi connectivity index (χ1n) is 33.1. The van der Waals surface area contributed by atoms with Crippen LogP contribution in [0.15, 0.2) is 48.6 Å². The quantitative estimate of drug-likeness (QED) is 0.0261. The summed E-state index contributed by atoms with van der Waals surface area (Å²) in [5.41, 5.74) is 0. The summed E-state index contributed by atoms with van der Waals surface area (Å²) in [7, 11) is 0. The van der Waals surface area contributed by atoms with Crippen molar-refractivity contribution in [1.29, 1.82) is 0 Å². The van der Waals surface area contributed by atoms with Crippen molar-refractivity contribution >= 4 is 17.9 Å². The summed E-state index contributed by atoms with van der Waals surface area (Å²) in [4.78, 5) is 38.3. The van der Waals surface area contributed by atoms with Crippen LogP contribution in [-0.2, 0) is 28.6 Å². The van der Waals surface area contributed by atoms with Crippen molar-refractivity contribution in [2.24, 2.45) is 0 Å². The van der Waals surface area contributed by atoms with E-state index in [9.17, 15) is 14.4 Å². The van der Waals surface area contributed by atoms with Gasteiger partial charge in [-0.15, -0.1) is 0 Å². The van der Waals surface area contributed by atoms with Crippen molar-refractivity contribution in [2.75, 3.05) is 13.2 Å². The summed E-state index contributed by atoms with van der Waals surface area (Å²) in [6.07, 6.45) is 79.9. The zero-order valence-corrected chi connectivity index (χ0v) is 50.3. The van der Waals surface area contributed by atoms with Crippen LogP contribution in [0.25, 0.3) is 0 Å². The van der Waals surface area contributed by atoms with Gasteiger partial charge in [0.05, 0.1) is 0 Å². The molecule has 0 fully saturated rings. The van der Waals surface area contributed by atoms with Gasteiger partial charge in [0.2, 0.25) is 0 Å². The van der Waals surface area contributed by atoms with E-state index in [0.29, 0.717) is 19.3 Å². The SMILES string of the molecule is CC/C=C\C/C=C\C/C=C\C/C=C\CCCCC(=O)OC[C@H](COC(=O)CCCCCCCCCCCCCCCCCCCCCCC)OC(=O)CCCCCCCCCCCCCCCCCCCCCCC. The van der Waals surface area contributed by atoms with Crippen molar-refractivity contribution in [2.45, 2.75) is 361 Å². The predicted octanol–water partition coefficient (Wildman–Crippen LogP) is 22.6. The molecule has 0 saturated carbocycles. The zero-order chi connectivity index (χ0) is 54.3. The van der Waals surface area contributed by atoms with Gasteiger partial charge in [0.1, 0.15) is 13.2 Å². The van der Waals surface area contributed by atoms with Gasteiger partial charge in [0, 0.05) is 19.3 Å². The monoisotopic (exact) mass is 1050 g/mol.